The predicted octanol–water partition coefficient (Wildman–Crippen LogP) is 2.55. The molecule has 5 nitrogen and oxygen atoms in total. The van der Waals surface area contributed by atoms with Crippen LogP contribution < -0.4 is 10.6 Å². The molecule has 0 saturated carbocycles. The van der Waals surface area contributed by atoms with E-state index in [0.29, 0.717) is 11.8 Å². The number of halogens is 2. The zero-order chi connectivity index (χ0) is 15.6. The molecule has 0 aliphatic rings. The first-order valence-electron chi connectivity index (χ1n) is 5.92. The molecule has 0 spiro atoms. The standard InChI is InChI=1S/C13H13F2N3O2S/c1-16-12-10(14)7-11(15)13(18-12)17-8-3-5-9(6-4-8)21(2,19)20/h3-7H,1-2H3,(H2,16,17,18). The minimum absolute atomic E-state index is 0.0911. The number of anilines is 3. The highest BCUT2D eigenvalue weighted by Gasteiger charge is 2.12. The third-order valence-electron chi connectivity index (χ3n) is 2.71. The Labute approximate surface area is 120 Å². The van der Waals surface area contributed by atoms with Gasteiger partial charge in [0.25, 0.3) is 0 Å². The molecule has 0 fully saturated rings. The topological polar surface area (TPSA) is 71.1 Å². The van der Waals surface area contributed by atoms with Crippen LogP contribution >= 0.6 is 0 Å². The first kappa shape index (κ1) is 15.2. The summed E-state index contributed by atoms with van der Waals surface area (Å²) >= 11 is 0. The van der Waals surface area contributed by atoms with E-state index in [9.17, 15) is 17.2 Å². The van der Waals surface area contributed by atoms with Gasteiger partial charge in [0.2, 0.25) is 0 Å². The van der Waals surface area contributed by atoms with Crippen LogP contribution in [0.15, 0.2) is 35.2 Å². The Morgan fingerprint density at radius 1 is 1.05 bits per heavy atom. The number of hydrogen-bond acceptors (Lipinski definition) is 5. The maximum absolute atomic E-state index is 13.6. The Hall–Kier alpha value is -2.22. The summed E-state index contributed by atoms with van der Waals surface area (Å²) in [6.07, 6.45) is 1.09. The first-order chi connectivity index (χ1) is 9.81. The second-order valence-electron chi connectivity index (χ2n) is 4.32. The highest BCUT2D eigenvalue weighted by Crippen LogP contribution is 2.23. The SMILES string of the molecule is CNc1nc(Nc2ccc(S(C)(=O)=O)cc2)c(F)cc1F. The van der Waals surface area contributed by atoms with Gasteiger partial charge in [-0.2, -0.15) is 0 Å². The molecule has 0 aliphatic carbocycles. The lowest BCUT2D eigenvalue weighted by atomic mass is 10.3. The van der Waals surface area contributed by atoms with Crippen molar-refractivity contribution in [1.29, 1.82) is 0 Å². The van der Waals surface area contributed by atoms with Gasteiger partial charge in [0.05, 0.1) is 4.90 Å². The van der Waals surface area contributed by atoms with Gasteiger partial charge in [-0.15, -0.1) is 0 Å². The van der Waals surface area contributed by atoms with Crippen LogP contribution in [0.1, 0.15) is 0 Å². The van der Waals surface area contributed by atoms with Crippen molar-refractivity contribution < 1.29 is 17.2 Å². The van der Waals surface area contributed by atoms with Crippen LogP contribution in [-0.2, 0) is 9.84 Å². The zero-order valence-electron chi connectivity index (χ0n) is 11.3. The van der Waals surface area contributed by atoms with Gasteiger partial charge < -0.3 is 10.6 Å². The van der Waals surface area contributed by atoms with Gasteiger partial charge in [-0.1, -0.05) is 0 Å². The van der Waals surface area contributed by atoms with Gasteiger partial charge in [-0.3, -0.25) is 0 Å². The monoisotopic (exact) mass is 313 g/mol. The van der Waals surface area contributed by atoms with E-state index in [1.807, 2.05) is 0 Å². The summed E-state index contributed by atoms with van der Waals surface area (Å²) in [4.78, 5) is 3.92. The first-order valence-corrected chi connectivity index (χ1v) is 7.81. The number of rotatable bonds is 4. The molecule has 0 unspecified atom stereocenters. The smallest absolute Gasteiger partial charge is 0.175 e. The van der Waals surface area contributed by atoms with Crippen molar-refractivity contribution in [2.24, 2.45) is 0 Å². The largest absolute Gasteiger partial charge is 0.371 e. The third-order valence-corrected chi connectivity index (χ3v) is 3.84. The van der Waals surface area contributed by atoms with Crippen LogP contribution in [0, 0.1) is 11.6 Å². The fraction of sp³-hybridized carbons (Fsp3) is 0.154. The molecule has 2 N–H and O–H groups in total. The summed E-state index contributed by atoms with van der Waals surface area (Å²) in [5.41, 5.74) is 0.433. The molecule has 0 bridgehead atoms. The second kappa shape index (κ2) is 5.65. The van der Waals surface area contributed by atoms with Gasteiger partial charge in [-0.25, -0.2) is 22.2 Å². The summed E-state index contributed by atoms with van der Waals surface area (Å²) in [5.74, 6) is -1.90. The molecule has 0 atom stereocenters. The minimum Gasteiger partial charge on any atom is -0.371 e. The van der Waals surface area contributed by atoms with E-state index in [1.54, 1.807) is 0 Å². The molecule has 1 heterocycles. The molecule has 1 aromatic carbocycles. The van der Waals surface area contributed by atoms with Crippen LogP contribution in [0.5, 0.6) is 0 Å². The molecule has 112 valence electrons. The quantitative estimate of drug-likeness (QED) is 0.907. The molecule has 0 amide bonds. The van der Waals surface area contributed by atoms with Crippen molar-refractivity contribution in [2.75, 3.05) is 23.9 Å². The van der Waals surface area contributed by atoms with E-state index in [4.69, 9.17) is 0 Å². The molecule has 1 aromatic heterocycles. The van der Waals surface area contributed by atoms with Crippen LogP contribution in [0.3, 0.4) is 0 Å². The lowest BCUT2D eigenvalue weighted by Gasteiger charge is -2.10. The van der Waals surface area contributed by atoms with E-state index in [-0.39, 0.29) is 16.5 Å². The maximum atomic E-state index is 13.6. The van der Waals surface area contributed by atoms with Gasteiger partial charge >= 0.3 is 0 Å². The fourth-order valence-electron chi connectivity index (χ4n) is 1.65. The third kappa shape index (κ3) is 3.46. The molecular formula is C13H13F2N3O2S. The van der Waals surface area contributed by atoms with Gasteiger partial charge in [-0.05, 0) is 24.3 Å². The van der Waals surface area contributed by atoms with Crippen molar-refractivity contribution >= 4 is 27.2 Å². The number of aromatic nitrogens is 1. The molecule has 21 heavy (non-hydrogen) atoms. The summed E-state index contributed by atoms with van der Waals surface area (Å²) in [7, 11) is -1.83. The highest BCUT2D eigenvalue weighted by molar-refractivity contribution is 7.90. The predicted molar refractivity (Wildman–Crippen MR) is 76.5 cm³/mol. The normalized spacial score (nSPS) is 11.2. The van der Waals surface area contributed by atoms with Crippen LogP contribution in [0.4, 0.5) is 26.1 Å². The van der Waals surface area contributed by atoms with Crippen molar-refractivity contribution in [1.82, 2.24) is 4.98 Å². The van der Waals surface area contributed by atoms with E-state index in [2.05, 4.69) is 15.6 Å². The number of sulfone groups is 1. The van der Waals surface area contributed by atoms with Crippen LogP contribution in [0.2, 0.25) is 0 Å². The Kier molecular flexibility index (Phi) is 4.08. The van der Waals surface area contributed by atoms with E-state index in [0.717, 1.165) is 6.26 Å². The lowest BCUT2D eigenvalue weighted by Crippen LogP contribution is -2.04. The maximum Gasteiger partial charge on any atom is 0.175 e. The Morgan fingerprint density at radius 2 is 1.62 bits per heavy atom. The Morgan fingerprint density at radius 3 is 2.14 bits per heavy atom. The van der Waals surface area contributed by atoms with Crippen LogP contribution in [0.25, 0.3) is 0 Å². The number of nitrogens with zero attached hydrogens (tertiary/aromatic N) is 1. The van der Waals surface area contributed by atoms with Crippen molar-refractivity contribution in [3.8, 4) is 0 Å². The zero-order valence-corrected chi connectivity index (χ0v) is 12.1. The fourth-order valence-corrected chi connectivity index (χ4v) is 2.28. The molecule has 0 aliphatic heterocycles. The van der Waals surface area contributed by atoms with E-state index in [1.165, 1.54) is 31.3 Å². The number of hydrogen-bond donors (Lipinski definition) is 2. The van der Waals surface area contributed by atoms with E-state index < -0.39 is 21.5 Å². The summed E-state index contributed by atoms with van der Waals surface area (Å²) in [6, 6.07) is 6.43. The van der Waals surface area contributed by atoms with Gasteiger partial charge in [0, 0.05) is 25.1 Å². The number of benzene rings is 1. The van der Waals surface area contributed by atoms with Crippen molar-refractivity contribution in [2.45, 2.75) is 4.90 Å². The number of nitrogens with one attached hydrogen (secondary N) is 2. The molecule has 8 heteroatoms. The Bertz CT molecular complexity index is 762. The van der Waals surface area contributed by atoms with Gasteiger partial charge in [0.15, 0.2) is 33.1 Å². The molecule has 0 saturated heterocycles. The average molecular weight is 313 g/mol. The second-order valence-corrected chi connectivity index (χ2v) is 6.34. The summed E-state index contributed by atoms with van der Waals surface area (Å²) < 4.78 is 49.6. The van der Waals surface area contributed by atoms with Crippen molar-refractivity contribution in [3.63, 3.8) is 0 Å². The molecule has 0 radical (unpaired) electrons. The van der Waals surface area contributed by atoms with E-state index >= 15 is 0 Å². The summed E-state index contributed by atoms with van der Waals surface area (Å²) in [6.45, 7) is 0. The molecule has 2 rings (SSSR count). The highest BCUT2D eigenvalue weighted by atomic mass is 32.2. The van der Waals surface area contributed by atoms with Crippen LogP contribution in [-0.4, -0.2) is 26.7 Å². The lowest BCUT2D eigenvalue weighted by molar-refractivity contribution is 0.580. The number of pyridine rings is 1. The van der Waals surface area contributed by atoms with Gasteiger partial charge in [0.1, 0.15) is 0 Å². The average Bonchev–Trinajstić information content (AvgIpc) is 2.41. The Balaban J connectivity index is 2.30. The summed E-state index contributed by atoms with van der Waals surface area (Å²) in [5, 5.41) is 5.17. The van der Waals surface area contributed by atoms with Crippen molar-refractivity contribution in [3.05, 3.63) is 42.0 Å². The minimum atomic E-state index is -3.29. The molecular weight excluding hydrogens is 300 g/mol. The molecule has 2 aromatic rings.